The van der Waals surface area contributed by atoms with Crippen LogP contribution < -0.4 is 5.32 Å². The van der Waals surface area contributed by atoms with Gasteiger partial charge in [0, 0.05) is 25.0 Å². The van der Waals surface area contributed by atoms with Crippen LogP contribution in [-0.2, 0) is 6.54 Å². The van der Waals surface area contributed by atoms with Crippen LogP contribution in [0.2, 0.25) is 0 Å². The lowest BCUT2D eigenvalue weighted by Crippen LogP contribution is -2.31. The van der Waals surface area contributed by atoms with Crippen molar-refractivity contribution in [3.05, 3.63) is 83.7 Å². The van der Waals surface area contributed by atoms with Crippen LogP contribution in [-0.4, -0.2) is 20.9 Å². The van der Waals surface area contributed by atoms with Crippen LogP contribution in [0.3, 0.4) is 0 Å². The second kappa shape index (κ2) is 7.55. The van der Waals surface area contributed by atoms with E-state index in [2.05, 4.69) is 10.4 Å². The highest BCUT2D eigenvalue weighted by atomic mass is 19.2. The van der Waals surface area contributed by atoms with E-state index in [1.54, 1.807) is 17.8 Å². The number of hydrogen-bond donors (Lipinski definition) is 2. The third kappa shape index (κ3) is 4.10. The Kier molecular flexibility index (Phi) is 5.21. The van der Waals surface area contributed by atoms with E-state index in [0.717, 1.165) is 23.4 Å². The van der Waals surface area contributed by atoms with Crippen molar-refractivity contribution in [1.29, 1.82) is 0 Å². The zero-order valence-electron chi connectivity index (χ0n) is 13.7. The van der Waals surface area contributed by atoms with Crippen molar-refractivity contribution in [2.75, 3.05) is 0 Å². The van der Waals surface area contributed by atoms with Crippen LogP contribution >= 0.6 is 0 Å². The first kappa shape index (κ1) is 17.3. The van der Waals surface area contributed by atoms with Crippen molar-refractivity contribution in [2.45, 2.75) is 25.6 Å². The average molecular weight is 343 g/mol. The topological polar surface area (TPSA) is 50.1 Å². The van der Waals surface area contributed by atoms with Gasteiger partial charge in [-0.15, -0.1) is 0 Å². The number of benzene rings is 2. The molecule has 6 heteroatoms. The maximum Gasteiger partial charge on any atom is 0.159 e. The molecule has 3 rings (SSSR count). The first-order chi connectivity index (χ1) is 12.0. The van der Waals surface area contributed by atoms with Gasteiger partial charge in [0.25, 0.3) is 0 Å². The third-order valence-electron chi connectivity index (χ3n) is 4.09. The van der Waals surface area contributed by atoms with Gasteiger partial charge in [0.05, 0.1) is 11.8 Å². The van der Waals surface area contributed by atoms with Gasteiger partial charge in [-0.3, -0.25) is 0 Å². The molecule has 4 nitrogen and oxygen atoms in total. The fraction of sp³-hybridized carbons (Fsp3) is 0.211. The Morgan fingerprint density at radius 1 is 1.12 bits per heavy atom. The smallest absolute Gasteiger partial charge is 0.159 e. The van der Waals surface area contributed by atoms with Gasteiger partial charge in [0.15, 0.2) is 11.6 Å². The molecule has 0 aliphatic heterocycles. The highest BCUT2D eigenvalue weighted by Gasteiger charge is 2.17. The molecule has 2 N–H and O–H groups in total. The van der Waals surface area contributed by atoms with E-state index in [1.165, 1.54) is 6.07 Å². The summed E-state index contributed by atoms with van der Waals surface area (Å²) in [5.41, 5.74) is 2.34. The summed E-state index contributed by atoms with van der Waals surface area (Å²) in [4.78, 5) is 0. The molecule has 0 fully saturated rings. The molecule has 2 aromatic carbocycles. The maximum atomic E-state index is 13.3. The Balaban J connectivity index is 1.59. The Morgan fingerprint density at radius 2 is 1.88 bits per heavy atom. The normalized spacial score (nSPS) is 13.6. The molecule has 3 aromatic rings. The minimum Gasteiger partial charge on any atom is -0.387 e. The molecule has 2 unspecified atom stereocenters. The lowest BCUT2D eigenvalue weighted by Gasteiger charge is -2.21. The van der Waals surface area contributed by atoms with Gasteiger partial charge in [0.1, 0.15) is 0 Å². The summed E-state index contributed by atoms with van der Waals surface area (Å²) < 4.78 is 28.1. The van der Waals surface area contributed by atoms with E-state index in [-0.39, 0.29) is 6.04 Å². The summed E-state index contributed by atoms with van der Waals surface area (Å²) in [7, 11) is 0. The highest BCUT2D eigenvalue weighted by Crippen LogP contribution is 2.19. The third-order valence-corrected chi connectivity index (χ3v) is 4.09. The monoisotopic (exact) mass is 343 g/mol. The Bertz CT molecular complexity index is 819. The molecule has 2 atom stereocenters. The van der Waals surface area contributed by atoms with Crippen LogP contribution in [0.5, 0.6) is 0 Å². The van der Waals surface area contributed by atoms with Gasteiger partial charge >= 0.3 is 0 Å². The number of aliphatic hydroxyl groups excluding tert-OH is 1. The standard InChI is InChI=1S/C19H19F2N3O/c1-13(19(25)15-5-8-17(20)18(21)11-15)22-12-14-3-6-16(7-4-14)24-10-2-9-23-24/h2-11,13,19,22,25H,12H2,1H3. The number of nitrogens with one attached hydrogen (secondary N) is 1. The minimum atomic E-state index is -0.960. The zero-order valence-corrected chi connectivity index (χ0v) is 13.7. The number of nitrogens with zero attached hydrogens (tertiary/aromatic N) is 2. The summed E-state index contributed by atoms with van der Waals surface area (Å²) in [6.45, 7) is 2.34. The quantitative estimate of drug-likeness (QED) is 0.722. The Morgan fingerprint density at radius 3 is 2.52 bits per heavy atom. The number of aromatic nitrogens is 2. The van der Waals surface area contributed by atoms with Gasteiger partial charge in [0.2, 0.25) is 0 Å². The molecular weight excluding hydrogens is 324 g/mol. The number of halogens is 2. The molecule has 1 heterocycles. The molecule has 0 spiro atoms. The first-order valence-corrected chi connectivity index (χ1v) is 8.00. The van der Waals surface area contributed by atoms with E-state index >= 15 is 0 Å². The van der Waals surface area contributed by atoms with Crippen molar-refractivity contribution >= 4 is 0 Å². The SMILES string of the molecule is CC(NCc1ccc(-n2cccn2)cc1)C(O)c1ccc(F)c(F)c1. The lowest BCUT2D eigenvalue weighted by atomic mass is 10.0. The summed E-state index contributed by atoms with van der Waals surface area (Å²) in [5, 5.41) is 17.7. The highest BCUT2D eigenvalue weighted by molar-refractivity contribution is 5.33. The van der Waals surface area contributed by atoms with Crippen molar-refractivity contribution < 1.29 is 13.9 Å². The predicted molar refractivity (Wildman–Crippen MR) is 91.2 cm³/mol. The summed E-state index contributed by atoms with van der Waals surface area (Å²) >= 11 is 0. The molecular formula is C19H19F2N3O. The molecule has 0 saturated heterocycles. The summed E-state index contributed by atoms with van der Waals surface area (Å²) in [6, 6.07) is 12.8. The Hall–Kier alpha value is -2.57. The Labute approximate surface area is 144 Å². The predicted octanol–water partition coefficient (Wildman–Crippen LogP) is 3.36. The fourth-order valence-corrected chi connectivity index (χ4v) is 2.56. The molecule has 0 radical (unpaired) electrons. The van der Waals surface area contributed by atoms with E-state index < -0.39 is 17.7 Å². The van der Waals surface area contributed by atoms with E-state index in [0.29, 0.717) is 12.1 Å². The molecule has 0 bridgehead atoms. The van der Waals surface area contributed by atoms with E-state index in [4.69, 9.17) is 0 Å². The second-order valence-electron chi connectivity index (χ2n) is 5.91. The fourth-order valence-electron chi connectivity index (χ4n) is 2.56. The van der Waals surface area contributed by atoms with Crippen molar-refractivity contribution in [1.82, 2.24) is 15.1 Å². The molecule has 1 aromatic heterocycles. The van der Waals surface area contributed by atoms with Crippen LogP contribution in [0.25, 0.3) is 5.69 Å². The molecule has 25 heavy (non-hydrogen) atoms. The van der Waals surface area contributed by atoms with Crippen LogP contribution in [0.4, 0.5) is 8.78 Å². The minimum absolute atomic E-state index is 0.323. The molecule has 0 saturated carbocycles. The van der Waals surface area contributed by atoms with Gasteiger partial charge in [-0.25, -0.2) is 13.5 Å². The van der Waals surface area contributed by atoms with Crippen molar-refractivity contribution in [3.63, 3.8) is 0 Å². The van der Waals surface area contributed by atoms with Crippen molar-refractivity contribution in [3.8, 4) is 5.69 Å². The van der Waals surface area contributed by atoms with Crippen LogP contribution in [0.15, 0.2) is 60.9 Å². The van der Waals surface area contributed by atoms with Crippen molar-refractivity contribution in [2.24, 2.45) is 0 Å². The van der Waals surface area contributed by atoms with Crippen LogP contribution in [0.1, 0.15) is 24.2 Å². The van der Waals surface area contributed by atoms with Gasteiger partial charge in [-0.2, -0.15) is 5.10 Å². The molecule has 130 valence electrons. The maximum absolute atomic E-state index is 13.3. The van der Waals surface area contributed by atoms with E-state index in [9.17, 15) is 13.9 Å². The molecule has 0 aliphatic carbocycles. The van der Waals surface area contributed by atoms with Crippen LogP contribution in [0, 0.1) is 11.6 Å². The molecule has 0 amide bonds. The van der Waals surface area contributed by atoms with Gasteiger partial charge in [-0.05, 0) is 48.4 Å². The molecule has 0 aliphatic rings. The summed E-state index contributed by atoms with van der Waals surface area (Å²) in [6.07, 6.45) is 2.66. The second-order valence-corrected chi connectivity index (χ2v) is 5.91. The summed E-state index contributed by atoms with van der Waals surface area (Å²) in [5.74, 6) is -1.88. The van der Waals surface area contributed by atoms with E-state index in [1.807, 2.05) is 36.5 Å². The zero-order chi connectivity index (χ0) is 17.8. The van der Waals surface area contributed by atoms with Gasteiger partial charge < -0.3 is 10.4 Å². The number of aliphatic hydroxyl groups is 1. The number of rotatable bonds is 6. The largest absolute Gasteiger partial charge is 0.387 e. The lowest BCUT2D eigenvalue weighted by molar-refractivity contribution is 0.135. The average Bonchev–Trinajstić information content (AvgIpc) is 3.16. The number of hydrogen-bond acceptors (Lipinski definition) is 3. The first-order valence-electron chi connectivity index (χ1n) is 8.00. The van der Waals surface area contributed by atoms with Gasteiger partial charge in [-0.1, -0.05) is 18.2 Å².